The standard InChI is InChI=1S/C21H21NO2S/c1-22-17-8-4-2-6-13(17)16(12-19(22)23)20-15-10-11-25-21(15)14-7-3-5-9-18(14)24-20/h2,4,6,8,10-12,14,18,20H,3,5,7,9H2,1H3/t14-,18+,20+/m1/s1. The Kier molecular flexibility index (Phi) is 3.57. The highest BCUT2D eigenvalue weighted by Crippen LogP contribution is 2.49. The summed E-state index contributed by atoms with van der Waals surface area (Å²) in [5, 5.41) is 3.29. The van der Waals surface area contributed by atoms with E-state index >= 15 is 0 Å². The van der Waals surface area contributed by atoms with E-state index in [2.05, 4.69) is 17.5 Å². The van der Waals surface area contributed by atoms with E-state index in [1.165, 1.54) is 29.7 Å². The van der Waals surface area contributed by atoms with Crippen molar-refractivity contribution in [3.05, 3.63) is 68.1 Å². The van der Waals surface area contributed by atoms with E-state index in [1.807, 2.05) is 36.6 Å². The number of benzene rings is 1. The summed E-state index contributed by atoms with van der Waals surface area (Å²) in [4.78, 5) is 14.0. The van der Waals surface area contributed by atoms with Gasteiger partial charge < -0.3 is 9.30 Å². The third-order valence-electron chi connectivity index (χ3n) is 5.83. The SMILES string of the molecule is Cn1c(=O)cc([C@H]2O[C@H]3CCCC[C@H]3c3sccc32)c2ccccc21. The summed E-state index contributed by atoms with van der Waals surface area (Å²) in [5.74, 6) is 0.540. The molecule has 1 aliphatic carbocycles. The first kappa shape index (κ1) is 15.4. The van der Waals surface area contributed by atoms with E-state index in [-0.39, 0.29) is 17.8 Å². The molecule has 1 aliphatic heterocycles. The van der Waals surface area contributed by atoms with Crippen LogP contribution in [0.5, 0.6) is 0 Å². The zero-order valence-electron chi connectivity index (χ0n) is 14.3. The smallest absolute Gasteiger partial charge is 0.251 e. The average molecular weight is 351 g/mol. The van der Waals surface area contributed by atoms with Gasteiger partial charge in [0.25, 0.3) is 5.56 Å². The second-order valence-corrected chi connectivity index (χ2v) is 8.15. The van der Waals surface area contributed by atoms with Crippen LogP contribution >= 0.6 is 11.3 Å². The maximum Gasteiger partial charge on any atom is 0.251 e. The Hall–Kier alpha value is -1.91. The van der Waals surface area contributed by atoms with Gasteiger partial charge in [0.05, 0.1) is 11.6 Å². The maximum absolute atomic E-state index is 12.5. The van der Waals surface area contributed by atoms with Gasteiger partial charge in [0.15, 0.2) is 0 Å². The van der Waals surface area contributed by atoms with Gasteiger partial charge in [-0.1, -0.05) is 31.0 Å². The molecule has 0 radical (unpaired) electrons. The molecule has 2 aromatic heterocycles. The number of aromatic nitrogens is 1. The van der Waals surface area contributed by atoms with Crippen molar-refractivity contribution in [1.82, 2.24) is 4.57 Å². The number of para-hydroxylation sites is 1. The number of ether oxygens (including phenoxy) is 1. The highest BCUT2D eigenvalue weighted by atomic mass is 32.1. The van der Waals surface area contributed by atoms with Crippen LogP contribution in [0.2, 0.25) is 0 Å². The molecule has 3 heterocycles. The van der Waals surface area contributed by atoms with Crippen LogP contribution in [-0.4, -0.2) is 10.7 Å². The van der Waals surface area contributed by atoms with E-state index in [1.54, 1.807) is 10.6 Å². The zero-order valence-corrected chi connectivity index (χ0v) is 15.1. The van der Waals surface area contributed by atoms with Crippen LogP contribution in [-0.2, 0) is 11.8 Å². The van der Waals surface area contributed by atoms with E-state index in [0.29, 0.717) is 5.92 Å². The Labute approximate surface area is 150 Å². The molecule has 3 nitrogen and oxygen atoms in total. The van der Waals surface area contributed by atoms with Crippen molar-refractivity contribution in [2.24, 2.45) is 7.05 Å². The normalized spacial score (nSPS) is 25.6. The first-order valence-electron chi connectivity index (χ1n) is 9.05. The van der Waals surface area contributed by atoms with E-state index in [4.69, 9.17) is 4.74 Å². The van der Waals surface area contributed by atoms with E-state index in [0.717, 1.165) is 22.9 Å². The minimum atomic E-state index is -0.126. The minimum Gasteiger partial charge on any atom is -0.365 e. The van der Waals surface area contributed by atoms with Gasteiger partial charge in [0, 0.05) is 34.9 Å². The molecule has 25 heavy (non-hydrogen) atoms. The molecule has 1 saturated carbocycles. The molecule has 1 aromatic carbocycles. The van der Waals surface area contributed by atoms with Crippen molar-refractivity contribution in [3.63, 3.8) is 0 Å². The van der Waals surface area contributed by atoms with Gasteiger partial charge in [-0.05, 0) is 35.9 Å². The zero-order chi connectivity index (χ0) is 17.0. The first-order chi connectivity index (χ1) is 12.2. The molecule has 0 amide bonds. The highest BCUT2D eigenvalue weighted by molar-refractivity contribution is 7.10. The molecule has 5 rings (SSSR count). The first-order valence-corrected chi connectivity index (χ1v) is 9.93. The number of pyridine rings is 1. The molecule has 0 saturated heterocycles. The largest absolute Gasteiger partial charge is 0.365 e. The average Bonchev–Trinajstić information content (AvgIpc) is 3.14. The molecule has 128 valence electrons. The quantitative estimate of drug-likeness (QED) is 0.634. The highest BCUT2D eigenvalue weighted by Gasteiger charge is 2.39. The lowest BCUT2D eigenvalue weighted by Crippen LogP contribution is -2.33. The predicted molar refractivity (Wildman–Crippen MR) is 101 cm³/mol. The predicted octanol–water partition coefficient (Wildman–Crippen LogP) is 4.75. The molecule has 1 fully saturated rings. The van der Waals surface area contributed by atoms with Crippen molar-refractivity contribution < 1.29 is 4.74 Å². The number of hydrogen-bond donors (Lipinski definition) is 0. The maximum atomic E-state index is 12.5. The van der Waals surface area contributed by atoms with Crippen LogP contribution in [0.4, 0.5) is 0 Å². The van der Waals surface area contributed by atoms with Gasteiger partial charge in [-0.2, -0.15) is 0 Å². The van der Waals surface area contributed by atoms with E-state index in [9.17, 15) is 4.79 Å². The Morgan fingerprint density at radius 3 is 2.88 bits per heavy atom. The molecular formula is C21H21NO2S. The summed E-state index contributed by atoms with van der Waals surface area (Å²) < 4.78 is 8.34. The number of fused-ring (bicyclic) bond motifs is 4. The summed E-state index contributed by atoms with van der Waals surface area (Å²) >= 11 is 1.86. The summed E-state index contributed by atoms with van der Waals surface area (Å²) in [5.41, 5.74) is 3.28. The number of aryl methyl sites for hydroxylation is 1. The third-order valence-corrected chi connectivity index (χ3v) is 6.89. The van der Waals surface area contributed by atoms with Crippen LogP contribution in [0, 0.1) is 0 Å². The van der Waals surface area contributed by atoms with Gasteiger partial charge >= 0.3 is 0 Å². The van der Waals surface area contributed by atoms with Crippen molar-refractivity contribution in [2.45, 2.75) is 43.8 Å². The van der Waals surface area contributed by atoms with Gasteiger partial charge in [-0.25, -0.2) is 0 Å². The van der Waals surface area contributed by atoms with E-state index < -0.39 is 0 Å². The van der Waals surface area contributed by atoms with Gasteiger partial charge in [-0.15, -0.1) is 11.3 Å². The summed E-state index contributed by atoms with van der Waals surface area (Å²) in [6, 6.07) is 12.1. The lowest BCUT2D eigenvalue weighted by atomic mass is 9.80. The molecule has 2 aliphatic rings. The van der Waals surface area contributed by atoms with Crippen LogP contribution in [0.15, 0.2) is 46.6 Å². The second kappa shape index (κ2) is 5.82. The summed E-state index contributed by atoms with van der Waals surface area (Å²) in [6.45, 7) is 0. The van der Waals surface area contributed by atoms with Crippen LogP contribution in [0.1, 0.15) is 53.7 Å². The fraction of sp³-hybridized carbons (Fsp3) is 0.381. The minimum absolute atomic E-state index is 0.0276. The molecule has 3 atom stereocenters. The Balaban J connectivity index is 1.73. The molecular weight excluding hydrogens is 330 g/mol. The fourth-order valence-corrected chi connectivity index (χ4v) is 5.67. The molecule has 0 N–H and O–H groups in total. The fourth-order valence-electron chi connectivity index (χ4n) is 4.55. The van der Waals surface area contributed by atoms with Crippen molar-refractivity contribution >= 4 is 22.2 Å². The Bertz CT molecular complexity index is 1000. The molecule has 0 bridgehead atoms. The monoisotopic (exact) mass is 351 g/mol. The molecule has 0 unspecified atom stereocenters. The Morgan fingerprint density at radius 1 is 1.12 bits per heavy atom. The molecule has 3 aromatic rings. The topological polar surface area (TPSA) is 31.2 Å². The van der Waals surface area contributed by atoms with Crippen molar-refractivity contribution in [3.8, 4) is 0 Å². The summed E-state index contributed by atoms with van der Waals surface area (Å²) in [6.07, 6.45) is 5.05. The molecule has 0 spiro atoms. The van der Waals surface area contributed by atoms with Crippen LogP contribution < -0.4 is 5.56 Å². The number of rotatable bonds is 1. The van der Waals surface area contributed by atoms with Crippen LogP contribution in [0.25, 0.3) is 10.9 Å². The Morgan fingerprint density at radius 2 is 1.96 bits per heavy atom. The van der Waals surface area contributed by atoms with Crippen molar-refractivity contribution in [1.29, 1.82) is 0 Å². The molecule has 4 heteroatoms. The number of hydrogen-bond acceptors (Lipinski definition) is 3. The second-order valence-electron chi connectivity index (χ2n) is 7.20. The van der Waals surface area contributed by atoms with Gasteiger partial charge in [-0.3, -0.25) is 4.79 Å². The van der Waals surface area contributed by atoms with Gasteiger partial charge in [0.1, 0.15) is 6.10 Å². The van der Waals surface area contributed by atoms with Gasteiger partial charge in [0.2, 0.25) is 0 Å². The number of nitrogens with zero attached hydrogens (tertiary/aromatic N) is 1. The number of thiophene rings is 1. The lowest BCUT2D eigenvalue weighted by molar-refractivity contribution is -0.0368. The lowest BCUT2D eigenvalue weighted by Gasteiger charge is -2.39. The van der Waals surface area contributed by atoms with Crippen LogP contribution in [0.3, 0.4) is 0 Å². The summed E-state index contributed by atoms with van der Waals surface area (Å²) in [7, 11) is 1.84. The third kappa shape index (κ3) is 2.31. The van der Waals surface area contributed by atoms with Crippen molar-refractivity contribution in [2.75, 3.05) is 0 Å².